The number of ketones is 1. The Labute approximate surface area is 214 Å². The maximum absolute atomic E-state index is 13.5. The molecule has 1 unspecified atom stereocenters. The van der Waals surface area contributed by atoms with E-state index in [0.29, 0.717) is 12.1 Å². The lowest BCUT2D eigenvalue weighted by Crippen LogP contribution is -2.36. The molecule has 37 heavy (non-hydrogen) atoms. The van der Waals surface area contributed by atoms with Crippen LogP contribution in [0.1, 0.15) is 46.0 Å². The molecular weight excluding hydrogens is 505 g/mol. The van der Waals surface area contributed by atoms with Gasteiger partial charge in [0.05, 0.1) is 18.4 Å². The molecule has 0 saturated carbocycles. The highest BCUT2D eigenvalue weighted by Gasteiger charge is 2.36. The molecule has 202 valence electrons. The van der Waals surface area contributed by atoms with Crippen LogP contribution in [0.25, 0.3) is 0 Å². The predicted octanol–water partition coefficient (Wildman–Crippen LogP) is 2.77. The number of hydrogen-bond donors (Lipinski definition) is 1. The third kappa shape index (κ3) is 8.58. The van der Waals surface area contributed by atoms with Gasteiger partial charge < -0.3 is 18.7 Å². The van der Waals surface area contributed by atoms with E-state index in [-0.39, 0.29) is 37.3 Å². The molecule has 3 rings (SSSR count). The molecule has 4 atom stereocenters. The summed E-state index contributed by atoms with van der Waals surface area (Å²) in [5, 5.41) is 2.58. The van der Waals surface area contributed by atoms with Crippen molar-refractivity contribution >= 4 is 19.5 Å². The summed E-state index contributed by atoms with van der Waals surface area (Å²) < 4.78 is 42.3. The normalized spacial score (nSPS) is 19.8. The highest BCUT2D eigenvalue weighted by molar-refractivity contribution is 7.52. The molecule has 0 radical (unpaired) electrons. The summed E-state index contributed by atoms with van der Waals surface area (Å²) in [6.07, 6.45) is -0.215. The summed E-state index contributed by atoms with van der Waals surface area (Å²) in [7, 11) is -4.10. The molecule has 13 heteroatoms. The van der Waals surface area contributed by atoms with Crippen molar-refractivity contribution in [2.24, 2.45) is 0 Å². The molecule has 1 fully saturated rings. The molecule has 0 bridgehead atoms. The molecule has 12 nitrogen and oxygen atoms in total. The Morgan fingerprint density at radius 3 is 2.59 bits per heavy atom. The molecule has 1 aliphatic rings. The first-order valence-corrected chi connectivity index (χ1v) is 13.5. The first-order valence-electron chi connectivity index (χ1n) is 11.9. The molecule has 0 aliphatic carbocycles. The zero-order valence-corrected chi connectivity index (χ0v) is 22.1. The monoisotopic (exact) mass is 537 g/mol. The number of para-hydroxylation sites is 1. The molecular formula is C24H32N3O9P. The van der Waals surface area contributed by atoms with Gasteiger partial charge in [-0.3, -0.25) is 18.7 Å². The number of hydrogen-bond acceptors (Lipinski definition) is 10. The van der Waals surface area contributed by atoms with E-state index >= 15 is 0 Å². The van der Waals surface area contributed by atoms with E-state index in [4.69, 9.17) is 23.3 Å². The Bertz CT molecular complexity index is 1170. The van der Waals surface area contributed by atoms with Gasteiger partial charge in [-0.2, -0.15) is 10.1 Å². The number of carbonyl (C=O) groups is 2. The Morgan fingerprint density at radius 2 is 1.95 bits per heavy atom. The van der Waals surface area contributed by atoms with Crippen LogP contribution in [0.15, 0.2) is 47.4 Å². The Kier molecular flexibility index (Phi) is 10.1. The van der Waals surface area contributed by atoms with Crippen LogP contribution in [-0.2, 0) is 39.3 Å². The van der Waals surface area contributed by atoms with Crippen LogP contribution < -0.4 is 15.3 Å². The van der Waals surface area contributed by atoms with E-state index in [9.17, 15) is 18.9 Å². The lowest BCUT2D eigenvalue weighted by Gasteiger charge is -2.24. The van der Waals surface area contributed by atoms with Gasteiger partial charge in [0.15, 0.2) is 12.5 Å². The Balaban J connectivity index is 1.65. The van der Waals surface area contributed by atoms with Crippen molar-refractivity contribution < 1.29 is 37.4 Å². The summed E-state index contributed by atoms with van der Waals surface area (Å²) in [5.41, 5.74) is -0.212. The van der Waals surface area contributed by atoms with E-state index in [1.54, 1.807) is 57.2 Å². The number of nitrogens with zero attached hydrogens (tertiary/aromatic N) is 2. The number of carbonyl (C=O) groups excluding carboxylic acids is 2. The number of Topliss-reactive ketones (excluding diaryl/α,β-unsaturated/α-hetero) is 1. The maximum atomic E-state index is 13.5. The molecule has 0 spiro atoms. The standard InChI is InChI=1S/C24H32N3O9P/c1-5-19(28)13-18-11-12-27(24(30)25-18)21-14-32-22(35-21)15-33-37(31,36-20-9-7-6-8-10-20)26-17(4)23(29)34-16(2)3/h6-12,16-17,21-22H,5,13-15H2,1-4H3,(H,26,31)/t17-,21-,22-,37?/m0/s1. The van der Waals surface area contributed by atoms with Crippen molar-refractivity contribution in [3.63, 3.8) is 0 Å². The number of benzene rings is 1. The molecule has 1 aromatic carbocycles. The van der Waals surface area contributed by atoms with Gasteiger partial charge in [-0.1, -0.05) is 25.1 Å². The first kappa shape index (κ1) is 28.7. The molecule has 2 aromatic rings. The molecule has 1 saturated heterocycles. The molecule has 1 aromatic heterocycles. The third-order valence-corrected chi connectivity index (χ3v) is 6.75. The van der Waals surface area contributed by atoms with Gasteiger partial charge in [0.1, 0.15) is 24.2 Å². The smallest absolute Gasteiger partial charge is 0.459 e. The fourth-order valence-corrected chi connectivity index (χ4v) is 4.74. The number of ether oxygens (including phenoxy) is 3. The highest BCUT2D eigenvalue weighted by Crippen LogP contribution is 2.45. The minimum Gasteiger partial charge on any atom is -0.462 e. The van der Waals surface area contributed by atoms with Crippen LogP contribution in [0.5, 0.6) is 5.75 Å². The number of esters is 1. The summed E-state index contributed by atoms with van der Waals surface area (Å²) in [6, 6.07) is 8.90. The van der Waals surface area contributed by atoms with Gasteiger partial charge >= 0.3 is 19.4 Å². The van der Waals surface area contributed by atoms with Gasteiger partial charge in [0, 0.05) is 19.0 Å². The molecule has 0 amide bonds. The largest absolute Gasteiger partial charge is 0.462 e. The fourth-order valence-electron chi connectivity index (χ4n) is 3.26. The topological polar surface area (TPSA) is 144 Å². The quantitative estimate of drug-likeness (QED) is 0.297. The summed E-state index contributed by atoms with van der Waals surface area (Å²) in [5.74, 6) is -0.391. The second kappa shape index (κ2) is 13.1. The summed E-state index contributed by atoms with van der Waals surface area (Å²) in [6.45, 7) is 6.30. The van der Waals surface area contributed by atoms with Crippen molar-refractivity contribution in [2.75, 3.05) is 13.2 Å². The van der Waals surface area contributed by atoms with Crippen molar-refractivity contribution in [1.82, 2.24) is 14.6 Å². The van der Waals surface area contributed by atoms with E-state index in [0.717, 1.165) is 0 Å². The fraction of sp³-hybridized carbons (Fsp3) is 0.500. The Morgan fingerprint density at radius 1 is 1.22 bits per heavy atom. The van der Waals surface area contributed by atoms with Crippen LogP contribution in [0.4, 0.5) is 0 Å². The van der Waals surface area contributed by atoms with E-state index in [2.05, 4.69) is 10.1 Å². The SMILES string of the molecule is CCC(=O)Cc1ccn([C@@H]2CO[C@H](COP(=O)(N[C@@H](C)C(=O)OC(C)C)Oc3ccccc3)O2)c(=O)n1. The van der Waals surface area contributed by atoms with Gasteiger partial charge in [-0.15, -0.1) is 0 Å². The van der Waals surface area contributed by atoms with E-state index in [1.165, 1.54) is 17.7 Å². The van der Waals surface area contributed by atoms with E-state index < -0.39 is 38.0 Å². The van der Waals surface area contributed by atoms with Crippen LogP contribution >= 0.6 is 7.75 Å². The van der Waals surface area contributed by atoms with Crippen LogP contribution in [-0.4, -0.2) is 53.0 Å². The summed E-state index contributed by atoms with van der Waals surface area (Å²) in [4.78, 5) is 40.3. The van der Waals surface area contributed by atoms with Crippen LogP contribution in [0.2, 0.25) is 0 Å². The molecule has 1 aliphatic heterocycles. The highest BCUT2D eigenvalue weighted by atomic mass is 31.2. The average molecular weight is 538 g/mol. The number of rotatable bonds is 13. The first-order chi connectivity index (χ1) is 17.6. The molecule has 2 heterocycles. The zero-order chi connectivity index (χ0) is 27.0. The summed E-state index contributed by atoms with van der Waals surface area (Å²) >= 11 is 0. The predicted molar refractivity (Wildman–Crippen MR) is 132 cm³/mol. The number of aromatic nitrogens is 2. The van der Waals surface area contributed by atoms with Gasteiger partial charge in [-0.05, 0) is 39.0 Å². The minimum absolute atomic E-state index is 0.0112. The van der Waals surface area contributed by atoms with Crippen LogP contribution in [0, 0.1) is 0 Å². The van der Waals surface area contributed by atoms with Crippen molar-refractivity contribution in [2.45, 2.75) is 65.2 Å². The lowest BCUT2D eigenvalue weighted by atomic mass is 10.2. The van der Waals surface area contributed by atoms with Gasteiger partial charge in [0.25, 0.3) is 0 Å². The lowest BCUT2D eigenvalue weighted by molar-refractivity contribution is -0.149. The third-order valence-electron chi connectivity index (χ3n) is 5.11. The van der Waals surface area contributed by atoms with Gasteiger partial charge in [0.2, 0.25) is 0 Å². The van der Waals surface area contributed by atoms with Crippen LogP contribution in [0.3, 0.4) is 0 Å². The zero-order valence-electron chi connectivity index (χ0n) is 21.2. The van der Waals surface area contributed by atoms with Gasteiger partial charge in [-0.25, -0.2) is 9.36 Å². The van der Waals surface area contributed by atoms with E-state index in [1.807, 2.05) is 0 Å². The average Bonchev–Trinajstić information content (AvgIpc) is 3.32. The number of nitrogens with one attached hydrogen (secondary N) is 1. The second-order valence-corrected chi connectivity index (χ2v) is 10.3. The van der Waals surface area contributed by atoms with Crippen molar-refractivity contribution in [1.29, 1.82) is 0 Å². The maximum Gasteiger partial charge on any atom is 0.459 e. The molecule has 1 N–H and O–H groups in total. The Hall–Kier alpha value is -2.89. The van der Waals surface area contributed by atoms with Crippen molar-refractivity contribution in [3.05, 3.63) is 58.8 Å². The second-order valence-electron chi connectivity index (χ2n) is 8.57. The minimum atomic E-state index is -4.10. The van der Waals surface area contributed by atoms with Crippen molar-refractivity contribution in [3.8, 4) is 5.75 Å².